The molecule has 1 aromatic carbocycles. The van der Waals surface area contributed by atoms with E-state index in [1.165, 1.54) is 0 Å². The third kappa shape index (κ3) is 1.38. The molecule has 0 unspecified atom stereocenters. The van der Waals surface area contributed by atoms with Crippen LogP contribution in [0.15, 0.2) is 18.2 Å². The minimum absolute atomic E-state index is 0.531. The van der Waals surface area contributed by atoms with E-state index in [-0.39, 0.29) is 0 Å². The van der Waals surface area contributed by atoms with Gasteiger partial charge in [0, 0.05) is 18.5 Å². The van der Waals surface area contributed by atoms with Gasteiger partial charge in [-0.15, -0.1) is 0 Å². The molecule has 0 atom stereocenters. The van der Waals surface area contributed by atoms with Crippen LogP contribution in [0.3, 0.4) is 0 Å². The van der Waals surface area contributed by atoms with Gasteiger partial charge in [-0.1, -0.05) is 17.7 Å². The molecule has 14 heavy (non-hydrogen) atoms. The van der Waals surface area contributed by atoms with E-state index in [0.29, 0.717) is 11.7 Å². The third-order valence-corrected chi connectivity index (χ3v) is 2.58. The molecule has 0 bridgehead atoms. The zero-order valence-corrected chi connectivity index (χ0v) is 8.75. The largest absolute Gasteiger partial charge is 0.326 e. The molecule has 0 spiro atoms. The van der Waals surface area contributed by atoms with Crippen LogP contribution in [0.2, 0.25) is 5.15 Å². The Labute approximate surface area is 87.5 Å². The smallest absolute Gasteiger partial charge is 0.158 e. The van der Waals surface area contributed by atoms with E-state index in [1.807, 2.05) is 29.8 Å². The minimum atomic E-state index is 0.531. The van der Waals surface area contributed by atoms with Crippen LogP contribution in [0.4, 0.5) is 0 Å². The van der Waals surface area contributed by atoms with E-state index >= 15 is 0 Å². The second-order valence-electron chi connectivity index (χ2n) is 3.16. The molecule has 2 rings (SSSR count). The van der Waals surface area contributed by atoms with Gasteiger partial charge < -0.3 is 5.73 Å². The Bertz CT molecular complexity index is 462. The normalized spacial score (nSPS) is 11.1. The van der Waals surface area contributed by atoms with Gasteiger partial charge in [0.25, 0.3) is 0 Å². The molecule has 0 aliphatic carbocycles. The fraction of sp³-hybridized carbons (Fsp3) is 0.300. The SMILES string of the molecule is CCn1nc(Cl)c2cc(CN)ccc21. The van der Waals surface area contributed by atoms with Gasteiger partial charge in [-0.25, -0.2) is 0 Å². The van der Waals surface area contributed by atoms with Crippen molar-refractivity contribution in [3.05, 3.63) is 28.9 Å². The molecule has 1 heterocycles. The molecular formula is C10H12ClN3. The van der Waals surface area contributed by atoms with Crippen LogP contribution in [-0.2, 0) is 13.1 Å². The van der Waals surface area contributed by atoms with Crippen LogP contribution in [0.1, 0.15) is 12.5 Å². The van der Waals surface area contributed by atoms with Crippen LogP contribution in [-0.4, -0.2) is 9.78 Å². The van der Waals surface area contributed by atoms with Crippen LogP contribution in [0.25, 0.3) is 10.9 Å². The van der Waals surface area contributed by atoms with Gasteiger partial charge in [-0.3, -0.25) is 4.68 Å². The van der Waals surface area contributed by atoms with E-state index in [1.54, 1.807) is 0 Å². The highest BCUT2D eigenvalue weighted by Crippen LogP contribution is 2.23. The number of hydrogen-bond donors (Lipinski definition) is 1. The highest BCUT2D eigenvalue weighted by Gasteiger charge is 2.07. The first-order valence-corrected chi connectivity index (χ1v) is 4.99. The number of fused-ring (bicyclic) bond motifs is 1. The van der Waals surface area contributed by atoms with Crippen molar-refractivity contribution in [2.24, 2.45) is 5.73 Å². The number of rotatable bonds is 2. The second-order valence-corrected chi connectivity index (χ2v) is 3.52. The molecule has 0 radical (unpaired) electrons. The zero-order chi connectivity index (χ0) is 10.1. The van der Waals surface area contributed by atoms with Gasteiger partial charge in [-0.2, -0.15) is 5.10 Å². The molecule has 0 aliphatic heterocycles. The predicted molar refractivity (Wildman–Crippen MR) is 58.3 cm³/mol. The van der Waals surface area contributed by atoms with Gasteiger partial charge in [0.05, 0.1) is 5.52 Å². The lowest BCUT2D eigenvalue weighted by molar-refractivity contribution is 0.684. The minimum Gasteiger partial charge on any atom is -0.326 e. The molecule has 0 saturated heterocycles. The molecule has 0 aliphatic rings. The lowest BCUT2D eigenvalue weighted by atomic mass is 10.1. The average molecular weight is 210 g/mol. The number of nitrogens with zero attached hydrogens (tertiary/aromatic N) is 2. The van der Waals surface area contributed by atoms with Gasteiger partial charge in [0.15, 0.2) is 5.15 Å². The van der Waals surface area contributed by atoms with E-state index in [0.717, 1.165) is 23.0 Å². The quantitative estimate of drug-likeness (QED) is 0.824. The number of halogens is 1. The van der Waals surface area contributed by atoms with Crippen molar-refractivity contribution in [2.45, 2.75) is 20.0 Å². The summed E-state index contributed by atoms with van der Waals surface area (Å²) in [6.07, 6.45) is 0. The summed E-state index contributed by atoms with van der Waals surface area (Å²) in [4.78, 5) is 0. The maximum absolute atomic E-state index is 6.01. The van der Waals surface area contributed by atoms with Gasteiger partial charge in [0.1, 0.15) is 0 Å². The maximum atomic E-state index is 6.01. The summed E-state index contributed by atoms with van der Waals surface area (Å²) in [5, 5.41) is 5.76. The van der Waals surface area contributed by atoms with Crippen molar-refractivity contribution < 1.29 is 0 Å². The van der Waals surface area contributed by atoms with Crippen molar-refractivity contribution in [1.82, 2.24) is 9.78 Å². The first-order valence-electron chi connectivity index (χ1n) is 4.61. The summed E-state index contributed by atoms with van der Waals surface area (Å²) >= 11 is 6.01. The standard InChI is InChI=1S/C10H12ClN3/c1-2-14-9-4-3-7(6-12)5-8(9)10(11)13-14/h3-5H,2,6,12H2,1H3. The topological polar surface area (TPSA) is 43.8 Å². The van der Waals surface area contributed by atoms with E-state index in [2.05, 4.69) is 5.10 Å². The van der Waals surface area contributed by atoms with E-state index in [4.69, 9.17) is 17.3 Å². The number of aryl methyl sites for hydroxylation is 1. The Kier molecular flexibility index (Phi) is 2.44. The molecule has 4 heteroatoms. The molecule has 1 aromatic heterocycles. The van der Waals surface area contributed by atoms with Crippen molar-refractivity contribution in [3.63, 3.8) is 0 Å². The van der Waals surface area contributed by atoms with Gasteiger partial charge in [-0.05, 0) is 24.6 Å². The highest BCUT2D eigenvalue weighted by molar-refractivity contribution is 6.34. The summed E-state index contributed by atoms with van der Waals surface area (Å²) in [7, 11) is 0. The molecule has 0 saturated carbocycles. The monoisotopic (exact) mass is 209 g/mol. The predicted octanol–water partition coefficient (Wildman–Crippen LogP) is 2.17. The first kappa shape index (κ1) is 9.49. The average Bonchev–Trinajstić information content (AvgIpc) is 2.55. The Morgan fingerprint density at radius 2 is 2.29 bits per heavy atom. The van der Waals surface area contributed by atoms with Crippen LogP contribution < -0.4 is 5.73 Å². The molecule has 74 valence electrons. The third-order valence-electron chi connectivity index (χ3n) is 2.31. The molecular weight excluding hydrogens is 198 g/mol. The van der Waals surface area contributed by atoms with Crippen molar-refractivity contribution in [3.8, 4) is 0 Å². The van der Waals surface area contributed by atoms with Gasteiger partial charge in [0.2, 0.25) is 0 Å². The van der Waals surface area contributed by atoms with Crippen molar-refractivity contribution >= 4 is 22.5 Å². The number of aromatic nitrogens is 2. The molecule has 3 nitrogen and oxygen atoms in total. The van der Waals surface area contributed by atoms with Gasteiger partial charge >= 0.3 is 0 Å². The Morgan fingerprint density at radius 1 is 1.50 bits per heavy atom. The molecule has 2 N–H and O–H groups in total. The van der Waals surface area contributed by atoms with Crippen LogP contribution in [0, 0.1) is 0 Å². The summed E-state index contributed by atoms with van der Waals surface area (Å²) in [6, 6.07) is 6.02. The van der Waals surface area contributed by atoms with Crippen molar-refractivity contribution in [2.75, 3.05) is 0 Å². The van der Waals surface area contributed by atoms with Crippen molar-refractivity contribution in [1.29, 1.82) is 0 Å². The number of benzene rings is 1. The molecule has 2 aromatic rings. The summed E-state index contributed by atoms with van der Waals surface area (Å²) in [5.74, 6) is 0. The molecule has 0 amide bonds. The fourth-order valence-electron chi connectivity index (χ4n) is 1.56. The highest BCUT2D eigenvalue weighted by atomic mass is 35.5. The Morgan fingerprint density at radius 3 is 2.93 bits per heavy atom. The Hall–Kier alpha value is -1.06. The maximum Gasteiger partial charge on any atom is 0.158 e. The number of nitrogens with two attached hydrogens (primary N) is 1. The van der Waals surface area contributed by atoms with E-state index in [9.17, 15) is 0 Å². The fourth-order valence-corrected chi connectivity index (χ4v) is 1.80. The zero-order valence-electron chi connectivity index (χ0n) is 8.00. The van der Waals surface area contributed by atoms with Crippen LogP contribution >= 0.6 is 11.6 Å². The lowest BCUT2D eigenvalue weighted by Crippen LogP contribution is -1.97. The lowest BCUT2D eigenvalue weighted by Gasteiger charge is -1.99. The number of hydrogen-bond acceptors (Lipinski definition) is 2. The van der Waals surface area contributed by atoms with E-state index < -0.39 is 0 Å². The first-order chi connectivity index (χ1) is 6.76. The summed E-state index contributed by atoms with van der Waals surface area (Å²) < 4.78 is 1.89. The second kappa shape index (κ2) is 3.59. The summed E-state index contributed by atoms with van der Waals surface area (Å²) in [6.45, 7) is 3.40. The summed E-state index contributed by atoms with van der Waals surface area (Å²) in [5.41, 5.74) is 7.70. The Balaban J connectivity index is 2.70. The molecule has 0 fully saturated rings. The van der Waals surface area contributed by atoms with Crippen LogP contribution in [0.5, 0.6) is 0 Å².